The summed E-state index contributed by atoms with van der Waals surface area (Å²) in [5, 5.41) is 0. The van der Waals surface area contributed by atoms with Gasteiger partial charge in [0.25, 0.3) is 0 Å². The fourth-order valence-corrected chi connectivity index (χ4v) is 4.12. The van der Waals surface area contributed by atoms with Gasteiger partial charge in [-0.2, -0.15) is 0 Å². The van der Waals surface area contributed by atoms with Crippen molar-refractivity contribution in [3.63, 3.8) is 0 Å². The molecule has 0 aliphatic heterocycles. The monoisotopic (exact) mass is 428 g/mol. The maximum Gasteiger partial charge on any atom is 0.178 e. The lowest BCUT2D eigenvalue weighted by molar-refractivity contribution is 0.0989. The summed E-state index contributed by atoms with van der Waals surface area (Å²) >= 11 is 3.28. The Morgan fingerprint density at radius 3 is 1.96 bits per heavy atom. The topological polar surface area (TPSA) is 51.2 Å². The van der Waals surface area contributed by atoms with Crippen molar-refractivity contribution < 1.29 is 13.2 Å². The molecule has 5 heteroatoms. The van der Waals surface area contributed by atoms with Crippen LogP contribution in [0, 0.1) is 0 Å². The van der Waals surface area contributed by atoms with Crippen molar-refractivity contribution in [2.75, 3.05) is 5.75 Å². The third-order valence-corrected chi connectivity index (χ3v) is 6.35. The molecule has 132 valence electrons. The van der Waals surface area contributed by atoms with Crippen LogP contribution in [-0.2, 0) is 9.84 Å². The van der Waals surface area contributed by atoms with Crippen LogP contribution >= 0.6 is 15.9 Å². The molecule has 0 unspecified atom stereocenters. The van der Waals surface area contributed by atoms with Gasteiger partial charge in [0.05, 0.1) is 10.6 Å². The van der Waals surface area contributed by atoms with E-state index in [1.165, 1.54) is 0 Å². The number of rotatable bonds is 6. The number of ketones is 1. The van der Waals surface area contributed by atoms with Gasteiger partial charge >= 0.3 is 0 Å². The molecule has 0 bridgehead atoms. The maximum absolute atomic E-state index is 12.4. The molecule has 3 nitrogen and oxygen atoms in total. The summed E-state index contributed by atoms with van der Waals surface area (Å²) in [6.45, 7) is 0. The molecule has 0 radical (unpaired) electrons. The first-order valence-electron chi connectivity index (χ1n) is 8.13. The van der Waals surface area contributed by atoms with E-state index >= 15 is 0 Å². The number of Topliss-reactive ketones (excluding diaryl/α,β-unsaturated/α-hetero) is 1. The van der Waals surface area contributed by atoms with E-state index in [9.17, 15) is 13.2 Å². The van der Waals surface area contributed by atoms with Crippen LogP contribution in [0.5, 0.6) is 0 Å². The first-order valence-corrected chi connectivity index (χ1v) is 10.6. The second-order valence-electron chi connectivity index (χ2n) is 5.89. The molecule has 0 spiro atoms. The van der Waals surface area contributed by atoms with Crippen molar-refractivity contribution in [3.8, 4) is 11.1 Å². The van der Waals surface area contributed by atoms with E-state index in [1.54, 1.807) is 36.4 Å². The highest BCUT2D eigenvalue weighted by Gasteiger charge is 2.17. The largest absolute Gasteiger partial charge is 0.294 e. The zero-order valence-corrected chi connectivity index (χ0v) is 16.3. The number of carbonyl (C=O) groups excluding carboxylic acids is 1. The predicted molar refractivity (Wildman–Crippen MR) is 107 cm³/mol. The van der Waals surface area contributed by atoms with Gasteiger partial charge in [-0.05, 0) is 35.4 Å². The van der Waals surface area contributed by atoms with Crippen LogP contribution in [0.4, 0.5) is 0 Å². The zero-order valence-electron chi connectivity index (χ0n) is 13.9. The second-order valence-corrected chi connectivity index (χ2v) is 8.91. The normalized spacial score (nSPS) is 11.3. The fourth-order valence-electron chi connectivity index (χ4n) is 2.61. The molecule has 0 saturated heterocycles. The number of hydrogen-bond donors (Lipinski definition) is 0. The molecule has 0 fully saturated rings. The summed E-state index contributed by atoms with van der Waals surface area (Å²) in [7, 11) is -3.47. The quantitative estimate of drug-likeness (QED) is 0.509. The molecule has 3 aromatic rings. The Hall–Kier alpha value is -2.24. The van der Waals surface area contributed by atoms with Gasteiger partial charge < -0.3 is 0 Å². The lowest BCUT2D eigenvalue weighted by Gasteiger charge is -2.06. The van der Waals surface area contributed by atoms with E-state index < -0.39 is 9.84 Å². The van der Waals surface area contributed by atoms with Crippen molar-refractivity contribution in [1.29, 1.82) is 0 Å². The van der Waals surface area contributed by atoms with E-state index in [0.717, 1.165) is 15.6 Å². The van der Waals surface area contributed by atoms with E-state index in [2.05, 4.69) is 15.9 Å². The molecule has 0 aliphatic rings. The standard InChI is InChI=1S/C21H17BrO3S/c22-19-10-12-20(13-11-19)26(24,25)15-14-21(23)18-8-6-17(7-9-18)16-4-2-1-3-5-16/h1-13H,14-15H2. The third kappa shape index (κ3) is 4.48. The minimum atomic E-state index is -3.47. The van der Waals surface area contributed by atoms with Gasteiger partial charge in [-0.3, -0.25) is 4.79 Å². The van der Waals surface area contributed by atoms with Crippen molar-refractivity contribution in [3.05, 3.63) is 88.9 Å². The Morgan fingerprint density at radius 1 is 0.769 bits per heavy atom. The molecule has 3 rings (SSSR count). The van der Waals surface area contributed by atoms with Gasteiger partial charge in [0.1, 0.15) is 0 Å². The molecular formula is C21H17BrO3S. The van der Waals surface area contributed by atoms with Crippen molar-refractivity contribution in [2.45, 2.75) is 11.3 Å². The van der Waals surface area contributed by atoms with Gasteiger partial charge in [-0.25, -0.2) is 8.42 Å². The maximum atomic E-state index is 12.4. The highest BCUT2D eigenvalue weighted by atomic mass is 79.9. The number of hydrogen-bond acceptors (Lipinski definition) is 3. The van der Waals surface area contributed by atoms with Gasteiger partial charge in [0.15, 0.2) is 15.6 Å². The lowest BCUT2D eigenvalue weighted by atomic mass is 10.0. The number of benzene rings is 3. The zero-order chi connectivity index (χ0) is 18.6. The molecule has 0 N–H and O–H groups in total. The van der Waals surface area contributed by atoms with E-state index in [4.69, 9.17) is 0 Å². The Kier molecular flexibility index (Phi) is 5.69. The van der Waals surface area contributed by atoms with Crippen LogP contribution in [0.2, 0.25) is 0 Å². The molecule has 3 aromatic carbocycles. The third-order valence-electron chi connectivity index (χ3n) is 4.08. The van der Waals surface area contributed by atoms with Gasteiger partial charge in [-0.1, -0.05) is 70.5 Å². The van der Waals surface area contributed by atoms with E-state index in [0.29, 0.717) is 5.56 Å². The van der Waals surface area contributed by atoms with Crippen molar-refractivity contribution >= 4 is 31.6 Å². The molecule has 0 aliphatic carbocycles. The summed E-state index contributed by atoms with van der Waals surface area (Å²) in [6, 6.07) is 23.6. The molecule has 0 aromatic heterocycles. The first kappa shape index (κ1) is 18.5. The molecule has 0 saturated carbocycles. The first-order chi connectivity index (χ1) is 12.5. The summed E-state index contributed by atoms with van der Waals surface area (Å²) in [6.07, 6.45) is -0.0386. The van der Waals surface area contributed by atoms with Crippen molar-refractivity contribution in [2.24, 2.45) is 0 Å². The van der Waals surface area contributed by atoms with Crippen molar-refractivity contribution in [1.82, 2.24) is 0 Å². The Bertz CT molecular complexity index is 993. The average Bonchev–Trinajstić information content (AvgIpc) is 2.67. The van der Waals surface area contributed by atoms with Gasteiger partial charge in [0.2, 0.25) is 0 Å². The average molecular weight is 429 g/mol. The molecule has 0 amide bonds. The molecular weight excluding hydrogens is 412 g/mol. The van der Waals surface area contributed by atoms with Gasteiger partial charge in [-0.15, -0.1) is 0 Å². The summed E-state index contributed by atoms with van der Waals surface area (Å²) < 4.78 is 25.5. The second kappa shape index (κ2) is 7.98. The Balaban J connectivity index is 1.67. The van der Waals surface area contributed by atoms with Gasteiger partial charge in [0, 0.05) is 16.5 Å². The van der Waals surface area contributed by atoms with Crippen LogP contribution in [0.25, 0.3) is 11.1 Å². The van der Waals surface area contributed by atoms with Crippen LogP contribution < -0.4 is 0 Å². The van der Waals surface area contributed by atoms with Crippen LogP contribution in [0.3, 0.4) is 0 Å². The number of carbonyl (C=O) groups is 1. The Morgan fingerprint density at radius 2 is 1.35 bits per heavy atom. The van der Waals surface area contributed by atoms with Crippen LogP contribution in [0.15, 0.2) is 88.2 Å². The fraction of sp³-hybridized carbons (Fsp3) is 0.0952. The smallest absolute Gasteiger partial charge is 0.178 e. The van der Waals surface area contributed by atoms with Crippen LogP contribution in [0.1, 0.15) is 16.8 Å². The summed E-state index contributed by atoms with van der Waals surface area (Å²) in [5.74, 6) is -0.376. The van der Waals surface area contributed by atoms with E-state index in [-0.39, 0.29) is 22.9 Å². The number of sulfone groups is 1. The minimum absolute atomic E-state index is 0.0386. The highest BCUT2D eigenvalue weighted by molar-refractivity contribution is 9.10. The van der Waals surface area contributed by atoms with Crippen LogP contribution in [-0.4, -0.2) is 20.0 Å². The highest BCUT2D eigenvalue weighted by Crippen LogP contribution is 2.21. The minimum Gasteiger partial charge on any atom is -0.294 e. The number of halogens is 1. The Labute approximate surface area is 161 Å². The molecule has 0 heterocycles. The molecule has 26 heavy (non-hydrogen) atoms. The predicted octanol–water partition coefficient (Wildman–Crippen LogP) is 5.16. The molecule has 0 atom stereocenters. The van der Waals surface area contributed by atoms with E-state index in [1.807, 2.05) is 42.5 Å². The summed E-state index contributed by atoms with van der Waals surface area (Å²) in [4.78, 5) is 12.6. The lowest BCUT2D eigenvalue weighted by Crippen LogP contribution is -2.11. The SMILES string of the molecule is O=C(CCS(=O)(=O)c1ccc(Br)cc1)c1ccc(-c2ccccc2)cc1. The summed E-state index contributed by atoms with van der Waals surface area (Å²) in [5.41, 5.74) is 2.62.